The van der Waals surface area contributed by atoms with Gasteiger partial charge in [-0.15, -0.1) is 0 Å². The highest BCUT2D eigenvalue weighted by Gasteiger charge is 2.34. The van der Waals surface area contributed by atoms with Gasteiger partial charge < -0.3 is 19.2 Å². The van der Waals surface area contributed by atoms with Crippen LogP contribution in [0.5, 0.6) is 11.5 Å². The highest BCUT2D eigenvalue weighted by Crippen LogP contribution is 2.38. The minimum atomic E-state index is -0.454. The maximum absolute atomic E-state index is 12.6. The largest absolute Gasteiger partial charge is 0.496 e. The third kappa shape index (κ3) is 4.86. The summed E-state index contributed by atoms with van der Waals surface area (Å²) in [6, 6.07) is 17.6. The molecule has 7 heteroatoms. The second kappa shape index (κ2) is 10.7. The first-order valence-electron chi connectivity index (χ1n) is 12.8. The van der Waals surface area contributed by atoms with Crippen LogP contribution in [0.4, 0.5) is 0 Å². The first-order valence-corrected chi connectivity index (χ1v) is 13.2. The van der Waals surface area contributed by atoms with Crippen LogP contribution in [-0.2, 0) is 22.6 Å². The number of rotatable bonds is 7. The number of nitrogens with one attached hydrogen (secondary N) is 2. The summed E-state index contributed by atoms with van der Waals surface area (Å²) in [4.78, 5) is 16.2. The smallest absolute Gasteiger partial charge is 0.323 e. The van der Waals surface area contributed by atoms with Gasteiger partial charge in [0.15, 0.2) is 0 Å². The Balaban J connectivity index is 1.52. The van der Waals surface area contributed by atoms with Crippen LogP contribution in [0.25, 0.3) is 10.9 Å². The predicted octanol–water partition coefficient (Wildman–Crippen LogP) is 6.62. The van der Waals surface area contributed by atoms with E-state index in [1.807, 2.05) is 43.3 Å². The van der Waals surface area contributed by atoms with Gasteiger partial charge >= 0.3 is 5.97 Å². The third-order valence-electron chi connectivity index (χ3n) is 7.33. The number of methoxy groups -OCH3 is 2. The maximum atomic E-state index is 12.6. The molecule has 0 radical (unpaired) electrons. The molecule has 198 valence electrons. The van der Waals surface area contributed by atoms with Crippen molar-refractivity contribution in [2.45, 2.75) is 51.8 Å². The molecule has 1 aliphatic heterocycles. The van der Waals surface area contributed by atoms with Gasteiger partial charge in [0.1, 0.15) is 24.1 Å². The minimum absolute atomic E-state index is 0.232. The van der Waals surface area contributed by atoms with E-state index in [-0.39, 0.29) is 17.9 Å². The van der Waals surface area contributed by atoms with Crippen LogP contribution in [0.2, 0.25) is 5.02 Å². The highest BCUT2D eigenvalue weighted by molar-refractivity contribution is 6.31. The Hall–Kier alpha value is -3.48. The van der Waals surface area contributed by atoms with Gasteiger partial charge in [-0.05, 0) is 65.4 Å². The summed E-state index contributed by atoms with van der Waals surface area (Å²) in [6.45, 7) is 6.55. The Morgan fingerprint density at radius 2 is 1.87 bits per heavy atom. The molecular weight excluding hydrogens is 500 g/mol. The number of aromatic nitrogens is 1. The van der Waals surface area contributed by atoms with Crippen molar-refractivity contribution in [1.29, 1.82) is 0 Å². The molecule has 0 fully saturated rings. The summed E-state index contributed by atoms with van der Waals surface area (Å²) in [5.74, 6) is 1.54. The summed E-state index contributed by atoms with van der Waals surface area (Å²) >= 11 is 6.40. The fraction of sp³-hybridized carbons (Fsp3) is 0.323. The van der Waals surface area contributed by atoms with Crippen LogP contribution in [0, 0.1) is 6.92 Å². The van der Waals surface area contributed by atoms with E-state index in [0.717, 1.165) is 60.9 Å². The zero-order valence-electron chi connectivity index (χ0n) is 22.4. The number of ether oxygens (including phenoxy) is 3. The average Bonchev–Trinajstić information content (AvgIpc) is 3.30. The first kappa shape index (κ1) is 26.1. The molecule has 6 nitrogen and oxygen atoms in total. The zero-order valence-corrected chi connectivity index (χ0v) is 23.1. The maximum Gasteiger partial charge on any atom is 0.323 e. The predicted molar refractivity (Wildman–Crippen MR) is 150 cm³/mol. The van der Waals surface area contributed by atoms with Crippen LogP contribution in [0.15, 0.2) is 54.6 Å². The number of halogens is 1. The lowest BCUT2D eigenvalue weighted by Gasteiger charge is -2.30. The van der Waals surface area contributed by atoms with Crippen molar-refractivity contribution in [3.8, 4) is 11.5 Å². The van der Waals surface area contributed by atoms with Gasteiger partial charge in [0.25, 0.3) is 0 Å². The van der Waals surface area contributed by atoms with E-state index in [2.05, 4.69) is 42.3 Å². The summed E-state index contributed by atoms with van der Waals surface area (Å²) in [5, 5.41) is 5.37. The Morgan fingerprint density at radius 3 is 2.61 bits per heavy atom. The van der Waals surface area contributed by atoms with Gasteiger partial charge in [-0.3, -0.25) is 10.1 Å². The number of aromatic amines is 1. The Labute approximate surface area is 228 Å². The van der Waals surface area contributed by atoms with Crippen molar-refractivity contribution in [3.63, 3.8) is 0 Å². The number of esters is 1. The fourth-order valence-electron chi connectivity index (χ4n) is 5.28. The Bertz CT molecular complexity index is 1490. The van der Waals surface area contributed by atoms with Gasteiger partial charge in [-0.2, -0.15) is 0 Å². The van der Waals surface area contributed by atoms with Gasteiger partial charge in [0, 0.05) is 33.6 Å². The van der Waals surface area contributed by atoms with Crippen molar-refractivity contribution in [2.75, 3.05) is 14.2 Å². The van der Waals surface area contributed by atoms with Crippen LogP contribution in [0.3, 0.4) is 0 Å². The molecule has 4 aromatic rings. The SMILES string of the molecule is COC(=O)[C@H]1Cc2c([nH]c3ccccc23)[C@@H](c2ccc(OC)c(COc3cc(C)c(Cl)cc3C(C)C)c2)N1. The van der Waals surface area contributed by atoms with Crippen LogP contribution in [0.1, 0.15) is 59.3 Å². The van der Waals surface area contributed by atoms with Gasteiger partial charge in [-0.25, -0.2) is 0 Å². The fourth-order valence-corrected chi connectivity index (χ4v) is 5.46. The number of benzene rings is 3. The number of para-hydroxylation sites is 1. The Kier molecular flexibility index (Phi) is 7.37. The second-order valence-corrected chi connectivity index (χ2v) is 10.5. The van der Waals surface area contributed by atoms with Crippen LogP contribution in [-0.4, -0.2) is 31.2 Å². The highest BCUT2D eigenvalue weighted by atomic mass is 35.5. The molecule has 2 atom stereocenters. The summed E-state index contributed by atoms with van der Waals surface area (Å²) < 4.78 is 17.2. The molecule has 0 amide bonds. The van der Waals surface area contributed by atoms with E-state index in [1.165, 1.54) is 7.11 Å². The van der Waals surface area contributed by atoms with Crippen molar-refractivity contribution >= 4 is 28.5 Å². The van der Waals surface area contributed by atoms with Crippen molar-refractivity contribution in [2.24, 2.45) is 0 Å². The normalized spacial score (nSPS) is 16.9. The summed E-state index contributed by atoms with van der Waals surface area (Å²) in [5.41, 5.74) is 7.18. The average molecular weight is 533 g/mol. The lowest BCUT2D eigenvalue weighted by atomic mass is 9.89. The van der Waals surface area contributed by atoms with Crippen molar-refractivity contribution in [1.82, 2.24) is 10.3 Å². The molecule has 1 aromatic heterocycles. The molecule has 1 aliphatic rings. The molecule has 0 aliphatic carbocycles. The molecule has 0 saturated carbocycles. The number of hydrogen-bond donors (Lipinski definition) is 2. The number of carbonyl (C=O) groups is 1. The molecule has 0 bridgehead atoms. The lowest BCUT2D eigenvalue weighted by Crippen LogP contribution is -2.45. The number of hydrogen-bond acceptors (Lipinski definition) is 5. The molecule has 0 unspecified atom stereocenters. The monoisotopic (exact) mass is 532 g/mol. The second-order valence-electron chi connectivity index (χ2n) is 10.1. The molecule has 3 aromatic carbocycles. The van der Waals surface area contributed by atoms with Gasteiger partial charge in [0.05, 0.1) is 20.3 Å². The van der Waals surface area contributed by atoms with E-state index in [9.17, 15) is 4.79 Å². The van der Waals surface area contributed by atoms with E-state index < -0.39 is 6.04 Å². The van der Waals surface area contributed by atoms with Crippen LogP contribution < -0.4 is 14.8 Å². The molecule has 0 spiro atoms. The lowest BCUT2D eigenvalue weighted by molar-refractivity contribution is -0.143. The number of H-pyrrole nitrogens is 1. The van der Waals surface area contributed by atoms with Crippen LogP contribution >= 0.6 is 11.6 Å². The van der Waals surface area contributed by atoms with E-state index in [0.29, 0.717) is 13.0 Å². The molecule has 0 saturated heterocycles. The quantitative estimate of drug-likeness (QED) is 0.262. The number of aryl methyl sites for hydroxylation is 1. The zero-order chi connectivity index (χ0) is 27.0. The molecule has 38 heavy (non-hydrogen) atoms. The summed E-state index contributed by atoms with van der Waals surface area (Å²) in [7, 11) is 3.09. The number of fused-ring (bicyclic) bond motifs is 3. The first-order chi connectivity index (χ1) is 18.3. The van der Waals surface area contributed by atoms with Gasteiger partial charge in [0.2, 0.25) is 0 Å². The van der Waals surface area contributed by atoms with Crippen molar-refractivity contribution in [3.05, 3.63) is 93.1 Å². The van der Waals surface area contributed by atoms with Gasteiger partial charge in [-0.1, -0.05) is 49.7 Å². The van der Waals surface area contributed by atoms with Crippen molar-refractivity contribution < 1.29 is 19.0 Å². The van der Waals surface area contributed by atoms with E-state index in [4.69, 9.17) is 25.8 Å². The molecular formula is C31H33ClN2O4. The topological polar surface area (TPSA) is 72.6 Å². The summed E-state index contributed by atoms with van der Waals surface area (Å²) in [6.07, 6.45) is 0.558. The van der Waals surface area contributed by atoms with E-state index in [1.54, 1.807) is 7.11 Å². The standard InChI is InChI=1S/C31H33ClN2O4/c1-17(2)22-14-24(32)18(3)12-28(22)38-16-20-13-19(10-11-27(20)36-4)29-30-23(15-26(34-29)31(35)37-5)21-8-6-7-9-25(21)33-30/h6-14,17,26,29,33-34H,15-16H2,1-5H3/t26-,29-/m1/s1. The Morgan fingerprint density at radius 1 is 1.08 bits per heavy atom. The van der Waals surface area contributed by atoms with E-state index >= 15 is 0 Å². The minimum Gasteiger partial charge on any atom is -0.496 e. The molecule has 2 N–H and O–H groups in total. The molecule has 2 heterocycles. The third-order valence-corrected chi connectivity index (χ3v) is 7.74. The number of carbonyl (C=O) groups excluding carboxylic acids is 1. The molecule has 5 rings (SSSR count).